The number of piperidine rings is 2. The normalized spacial score (nSPS) is 14.6. The molecule has 15 nitrogen and oxygen atoms in total. The molecule has 0 radical (unpaired) electrons. The van der Waals surface area contributed by atoms with E-state index in [0.717, 1.165) is 29.5 Å². The van der Waals surface area contributed by atoms with Gasteiger partial charge < -0.3 is 40.9 Å². The van der Waals surface area contributed by atoms with E-state index in [1.54, 1.807) is 53.4 Å². The molecule has 2 heterocycles. The summed E-state index contributed by atoms with van der Waals surface area (Å²) in [6.07, 6.45) is 3.25. The number of anilines is 2. The number of ether oxygens (including phenoxy) is 1. The SMILES string of the molecule is Cc1ccc(C(=O)N2CCC(O)(c3ccc(C#N)cc3)CC2)cc1NC(=O)NC(C)C.Cc1ccc(C(=O)N2CCC(c3ccc(C#N)cc3)CC2)cc1NC(=O)NCCCC(=O)OC(C)(C)C. The standard InChI is InChI=1S/C29H36N4O4.C24H28N4O3/c1-20-7-10-24(18-25(20)32-28(36)31-15-5-6-26(34)37-29(2,3)4)27(35)33-16-13-23(14-17-33)22-11-8-21(19-30)9-12-22;1-16(2)26-23(30)27-21-14-19(7-4-17(21)3)22(29)28-12-10-24(31,11-13-28)20-8-5-18(15-25)6-9-20/h7-12,18,23H,5-6,13-17H2,1-4H3,(H2,31,32,36);4-9,14,16,31H,10-13H2,1-3H3,(H2,26,27,30). The first kappa shape index (κ1) is 51.7. The number of carbonyl (C=O) groups excluding carboxylic acids is 5. The van der Waals surface area contributed by atoms with Gasteiger partial charge in [-0.2, -0.15) is 10.5 Å². The molecule has 6 amide bonds. The van der Waals surface area contributed by atoms with E-state index in [2.05, 4.69) is 33.4 Å². The largest absolute Gasteiger partial charge is 0.460 e. The van der Waals surface area contributed by atoms with Gasteiger partial charge in [-0.05, 0) is 157 Å². The number of benzene rings is 4. The maximum atomic E-state index is 13.2. The zero-order valence-electron chi connectivity index (χ0n) is 40.2. The second-order valence-electron chi connectivity index (χ2n) is 18.7. The molecule has 4 aromatic rings. The van der Waals surface area contributed by atoms with Gasteiger partial charge in [0.15, 0.2) is 0 Å². The fraction of sp³-hybridized carbons (Fsp3) is 0.415. The minimum Gasteiger partial charge on any atom is -0.460 e. The molecule has 2 fully saturated rings. The van der Waals surface area contributed by atoms with Gasteiger partial charge >= 0.3 is 18.0 Å². The fourth-order valence-electron chi connectivity index (χ4n) is 8.03. The number of nitriles is 2. The van der Waals surface area contributed by atoms with E-state index in [0.29, 0.717) is 91.5 Å². The molecule has 0 unspecified atom stereocenters. The Balaban J connectivity index is 0.000000258. The quantitative estimate of drug-likeness (QED) is 0.0717. The number of nitrogens with one attached hydrogen (secondary N) is 4. The molecule has 15 heteroatoms. The van der Waals surface area contributed by atoms with E-state index in [1.807, 2.05) is 89.8 Å². The molecule has 2 aliphatic rings. The Kier molecular flexibility index (Phi) is 17.9. The van der Waals surface area contributed by atoms with Gasteiger partial charge in [-0.25, -0.2) is 9.59 Å². The summed E-state index contributed by atoms with van der Waals surface area (Å²) in [4.78, 5) is 66.0. The van der Waals surface area contributed by atoms with E-state index in [4.69, 9.17) is 15.3 Å². The van der Waals surface area contributed by atoms with Crippen LogP contribution in [0.2, 0.25) is 0 Å². The van der Waals surface area contributed by atoms with Crippen molar-refractivity contribution in [3.63, 3.8) is 0 Å². The number of urea groups is 2. The van der Waals surface area contributed by atoms with Gasteiger partial charge in [0.1, 0.15) is 5.60 Å². The minimum atomic E-state index is -1.01. The van der Waals surface area contributed by atoms with Crippen LogP contribution in [0.1, 0.15) is 133 Å². The van der Waals surface area contributed by atoms with Crippen molar-refractivity contribution in [3.8, 4) is 12.1 Å². The van der Waals surface area contributed by atoms with Crippen molar-refractivity contribution in [2.24, 2.45) is 0 Å². The number of carbonyl (C=O) groups is 5. The van der Waals surface area contributed by atoms with Gasteiger partial charge in [0.2, 0.25) is 0 Å². The second-order valence-corrected chi connectivity index (χ2v) is 18.7. The monoisotopic (exact) mass is 924 g/mol. The van der Waals surface area contributed by atoms with Crippen molar-refractivity contribution in [1.29, 1.82) is 10.5 Å². The number of likely N-dealkylation sites (tertiary alicyclic amines) is 2. The third-order valence-corrected chi connectivity index (χ3v) is 11.9. The van der Waals surface area contributed by atoms with Gasteiger partial charge in [-0.15, -0.1) is 0 Å². The number of aryl methyl sites for hydroxylation is 2. The smallest absolute Gasteiger partial charge is 0.319 e. The van der Waals surface area contributed by atoms with Crippen LogP contribution in [0.5, 0.6) is 0 Å². The van der Waals surface area contributed by atoms with Crippen LogP contribution in [0, 0.1) is 36.5 Å². The van der Waals surface area contributed by atoms with Crippen LogP contribution in [0.25, 0.3) is 0 Å². The summed E-state index contributed by atoms with van der Waals surface area (Å²) < 4.78 is 5.26. The van der Waals surface area contributed by atoms with Crippen LogP contribution < -0.4 is 21.3 Å². The third kappa shape index (κ3) is 14.9. The lowest BCUT2D eigenvalue weighted by Gasteiger charge is -2.38. The molecule has 5 N–H and O–H groups in total. The lowest BCUT2D eigenvalue weighted by molar-refractivity contribution is -0.154. The number of nitrogens with zero attached hydrogens (tertiary/aromatic N) is 4. The van der Waals surface area contributed by atoms with Crippen molar-refractivity contribution in [3.05, 3.63) is 129 Å². The van der Waals surface area contributed by atoms with Crippen molar-refractivity contribution in [1.82, 2.24) is 20.4 Å². The van der Waals surface area contributed by atoms with E-state index in [1.165, 1.54) is 5.56 Å². The van der Waals surface area contributed by atoms with Crippen LogP contribution >= 0.6 is 0 Å². The average Bonchev–Trinajstić information content (AvgIpc) is 3.31. The summed E-state index contributed by atoms with van der Waals surface area (Å²) in [5.41, 5.74) is 5.52. The lowest BCUT2D eigenvalue weighted by Crippen LogP contribution is -2.45. The Morgan fingerprint density at radius 1 is 0.735 bits per heavy atom. The van der Waals surface area contributed by atoms with Gasteiger partial charge in [0, 0.05) is 67.7 Å². The zero-order valence-corrected chi connectivity index (χ0v) is 40.2. The molecule has 0 bridgehead atoms. The summed E-state index contributed by atoms with van der Waals surface area (Å²) in [5, 5.41) is 40.1. The van der Waals surface area contributed by atoms with Crippen molar-refractivity contribution >= 4 is 41.2 Å². The Bertz CT molecular complexity index is 2500. The summed E-state index contributed by atoms with van der Waals surface area (Å²) >= 11 is 0. The molecule has 4 aromatic carbocycles. The summed E-state index contributed by atoms with van der Waals surface area (Å²) in [6, 6.07) is 28.7. The molecule has 0 aliphatic carbocycles. The van der Waals surface area contributed by atoms with Crippen LogP contribution in [0.3, 0.4) is 0 Å². The van der Waals surface area contributed by atoms with Gasteiger partial charge in [-0.3, -0.25) is 14.4 Å². The van der Waals surface area contributed by atoms with E-state index in [-0.39, 0.29) is 42.3 Å². The Morgan fingerprint density at radius 2 is 1.22 bits per heavy atom. The van der Waals surface area contributed by atoms with E-state index >= 15 is 0 Å². The topological polar surface area (TPSA) is 217 Å². The number of esters is 1. The molecule has 0 spiro atoms. The summed E-state index contributed by atoms with van der Waals surface area (Å²) in [7, 11) is 0. The molecular formula is C53H64N8O7. The summed E-state index contributed by atoms with van der Waals surface area (Å²) in [6.45, 7) is 15.4. The highest BCUT2D eigenvalue weighted by atomic mass is 16.6. The van der Waals surface area contributed by atoms with E-state index in [9.17, 15) is 29.1 Å². The van der Waals surface area contributed by atoms with Gasteiger partial charge in [-0.1, -0.05) is 36.4 Å². The van der Waals surface area contributed by atoms with E-state index < -0.39 is 11.2 Å². The molecule has 0 aromatic heterocycles. The molecule has 0 saturated carbocycles. The molecule has 358 valence electrons. The van der Waals surface area contributed by atoms with Crippen LogP contribution in [0.4, 0.5) is 21.0 Å². The van der Waals surface area contributed by atoms with Crippen molar-refractivity contribution in [2.75, 3.05) is 43.4 Å². The van der Waals surface area contributed by atoms with Crippen molar-refractivity contribution < 1.29 is 33.8 Å². The molecule has 68 heavy (non-hydrogen) atoms. The Hall–Kier alpha value is -7.23. The lowest BCUT2D eigenvalue weighted by atomic mass is 9.84. The first-order valence-corrected chi connectivity index (χ1v) is 23.1. The Morgan fingerprint density at radius 3 is 1.71 bits per heavy atom. The first-order valence-electron chi connectivity index (χ1n) is 23.1. The van der Waals surface area contributed by atoms with Crippen LogP contribution in [0.15, 0.2) is 84.9 Å². The molecule has 2 aliphatic heterocycles. The number of hydrogen-bond acceptors (Lipinski definition) is 9. The second kappa shape index (κ2) is 23.5. The number of rotatable bonds is 11. The Labute approximate surface area is 399 Å². The average molecular weight is 925 g/mol. The molecule has 0 atom stereocenters. The number of amides is 6. The maximum Gasteiger partial charge on any atom is 0.319 e. The predicted octanol–water partition coefficient (Wildman–Crippen LogP) is 8.65. The fourth-order valence-corrected chi connectivity index (χ4v) is 8.03. The number of aliphatic hydroxyl groups is 1. The maximum absolute atomic E-state index is 13.2. The predicted molar refractivity (Wildman–Crippen MR) is 261 cm³/mol. The highest BCUT2D eigenvalue weighted by Gasteiger charge is 2.36. The van der Waals surface area contributed by atoms with Crippen LogP contribution in [-0.2, 0) is 15.1 Å². The summed E-state index contributed by atoms with van der Waals surface area (Å²) in [5.74, 6) is -0.114. The third-order valence-electron chi connectivity index (χ3n) is 11.9. The highest BCUT2D eigenvalue weighted by molar-refractivity contribution is 5.98. The zero-order chi connectivity index (χ0) is 49.6. The minimum absolute atomic E-state index is 0.00771. The first-order chi connectivity index (χ1) is 32.3. The molecule has 6 rings (SSSR count). The highest BCUT2D eigenvalue weighted by Crippen LogP contribution is 2.34. The number of hydrogen-bond donors (Lipinski definition) is 5. The molecule has 2 saturated heterocycles. The van der Waals surface area contributed by atoms with Crippen LogP contribution in [-0.4, -0.2) is 89.1 Å². The molecular weight excluding hydrogens is 861 g/mol. The van der Waals surface area contributed by atoms with Crippen molar-refractivity contribution in [2.45, 2.75) is 110 Å². The van der Waals surface area contributed by atoms with Gasteiger partial charge in [0.05, 0.1) is 28.9 Å². The van der Waals surface area contributed by atoms with Gasteiger partial charge in [0.25, 0.3) is 11.8 Å².